The van der Waals surface area contributed by atoms with Gasteiger partial charge in [0.2, 0.25) is 0 Å². The zero-order valence-corrected chi connectivity index (χ0v) is 16.1. The summed E-state index contributed by atoms with van der Waals surface area (Å²) in [5, 5.41) is 3.86. The number of benzene rings is 2. The van der Waals surface area contributed by atoms with E-state index in [0.717, 1.165) is 43.3 Å². The molecule has 2 N–H and O–H groups in total. The second-order valence-corrected chi connectivity index (χ2v) is 7.30. The Balaban J connectivity index is 1.39. The van der Waals surface area contributed by atoms with Crippen LogP contribution in [0.2, 0.25) is 5.02 Å². The number of nitrogens with one attached hydrogen (secondary N) is 2. The first-order chi connectivity index (χ1) is 12.6. The van der Waals surface area contributed by atoms with Crippen LogP contribution in [0.25, 0.3) is 0 Å². The number of hydrogen-bond donors (Lipinski definition) is 2. The van der Waals surface area contributed by atoms with E-state index in [2.05, 4.69) is 35.3 Å². The molecular formula is C21H27ClN3O+. The summed E-state index contributed by atoms with van der Waals surface area (Å²) in [7, 11) is 0. The fraction of sp³-hybridized carbons (Fsp3) is 0.381. The second kappa shape index (κ2) is 9.06. The lowest BCUT2D eigenvalue weighted by Gasteiger charge is -2.33. The summed E-state index contributed by atoms with van der Waals surface area (Å²) in [5.41, 5.74) is 3.67. The van der Waals surface area contributed by atoms with E-state index in [-0.39, 0.29) is 5.91 Å². The first-order valence-corrected chi connectivity index (χ1v) is 9.65. The maximum Gasteiger partial charge on any atom is 0.275 e. The molecule has 0 atom stereocenters. The molecule has 0 bridgehead atoms. The quantitative estimate of drug-likeness (QED) is 0.810. The number of carbonyl (C=O) groups is 1. The van der Waals surface area contributed by atoms with Crippen molar-refractivity contribution >= 4 is 23.2 Å². The molecule has 0 aromatic heterocycles. The highest BCUT2D eigenvalue weighted by atomic mass is 35.5. The molecular weight excluding hydrogens is 346 g/mol. The smallest absolute Gasteiger partial charge is 0.275 e. The van der Waals surface area contributed by atoms with E-state index in [1.54, 1.807) is 0 Å². The molecule has 1 aliphatic rings. The van der Waals surface area contributed by atoms with Crippen LogP contribution in [0.5, 0.6) is 0 Å². The van der Waals surface area contributed by atoms with Gasteiger partial charge in [0, 0.05) is 6.54 Å². The minimum atomic E-state index is 0.139. The van der Waals surface area contributed by atoms with Gasteiger partial charge in [0.15, 0.2) is 6.54 Å². The highest BCUT2D eigenvalue weighted by Gasteiger charge is 2.23. The SMILES string of the molecule is Cc1ccccc1CCNC(=O)C[NH+]1CCN(c2ccccc2Cl)CC1. The molecule has 1 aliphatic heterocycles. The van der Waals surface area contributed by atoms with Gasteiger partial charge in [0.05, 0.1) is 36.9 Å². The summed E-state index contributed by atoms with van der Waals surface area (Å²) in [6.45, 7) is 7.12. The third kappa shape index (κ3) is 4.99. The van der Waals surface area contributed by atoms with Gasteiger partial charge in [0.1, 0.15) is 0 Å². The molecule has 5 heteroatoms. The molecule has 1 heterocycles. The first kappa shape index (κ1) is 18.7. The van der Waals surface area contributed by atoms with E-state index in [1.807, 2.05) is 30.3 Å². The molecule has 26 heavy (non-hydrogen) atoms. The molecule has 2 aromatic rings. The van der Waals surface area contributed by atoms with E-state index < -0.39 is 0 Å². The minimum Gasteiger partial charge on any atom is -0.359 e. The molecule has 0 aliphatic carbocycles. The highest BCUT2D eigenvalue weighted by molar-refractivity contribution is 6.33. The Morgan fingerprint density at radius 3 is 2.54 bits per heavy atom. The van der Waals surface area contributed by atoms with Crippen LogP contribution in [0.3, 0.4) is 0 Å². The van der Waals surface area contributed by atoms with Crippen molar-refractivity contribution < 1.29 is 9.69 Å². The van der Waals surface area contributed by atoms with Gasteiger partial charge >= 0.3 is 0 Å². The summed E-state index contributed by atoms with van der Waals surface area (Å²) in [5.74, 6) is 0.139. The highest BCUT2D eigenvalue weighted by Crippen LogP contribution is 2.24. The lowest BCUT2D eigenvalue weighted by molar-refractivity contribution is -0.892. The van der Waals surface area contributed by atoms with Crippen molar-refractivity contribution in [2.24, 2.45) is 0 Å². The predicted molar refractivity (Wildman–Crippen MR) is 107 cm³/mol. The number of quaternary nitrogens is 1. The predicted octanol–water partition coefficient (Wildman–Crippen LogP) is 1.71. The Bertz CT molecular complexity index is 742. The summed E-state index contributed by atoms with van der Waals surface area (Å²) in [6, 6.07) is 16.3. The number of piperazine rings is 1. The van der Waals surface area contributed by atoms with Crippen LogP contribution in [0, 0.1) is 6.92 Å². The van der Waals surface area contributed by atoms with Crippen LogP contribution >= 0.6 is 11.6 Å². The molecule has 2 aromatic carbocycles. The topological polar surface area (TPSA) is 36.8 Å². The van der Waals surface area contributed by atoms with Gasteiger partial charge in [0.25, 0.3) is 5.91 Å². The molecule has 0 unspecified atom stereocenters. The molecule has 138 valence electrons. The average molecular weight is 373 g/mol. The van der Waals surface area contributed by atoms with E-state index in [1.165, 1.54) is 16.0 Å². The fourth-order valence-electron chi connectivity index (χ4n) is 3.47. The van der Waals surface area contributed by atoms with Crippen molar-refractivity contribution in [3.63, 3.8) is 0 Å². The minimum absolute atomic E-state index is 0.139. The van der Waals surface area contributed by atoms with Crippen molar-refractivity contribution in [2.45, 2.75) is 13.3 Å². The van der Waals surface area contributed by atoms with Crippen LogP contribution in [-0.2, 0) is 11.2 Å². The number of carbonyl (C=O) groups excluding carboxylic acids is 1. The van der Waals surface area contributed by atoms with Crippen LogP contribution in [0.15, 0.2) is 48.5 Å². The maximum atomic E-state index is 12.2. The zero-order chi connectivity index (χ0) is 18.4. The van der Waals surface area contributed by atoms with Crippen molar-refractivity contribution in [1.82, 2.24) is 5.32 Å². The van der Waals surface area contributed by atoms with Crippen molar-refractivity contribution in [3.05, 3.63) is 64.7 Å². The van der Waals surface area contributed by atoms with Crippen molar-refractivity contribution in [1.29, 1.82) is 0 Å². The normalized spacial score (nSPS) is 15.1. The number of rotatable bonds is 6. The largest absolute Gasteiger partial charge is 0.359 e. The van der Waals surface area contributed by atoms with Gasteiger partial charge < -0.3 is 15.1 Å². The fourth-order valence-corrected chi connectivity index (χ4v) is 3.72. The number of para-hydroxylation sites is 1. The lowest BCUT2D eigenvalue weighted by atomic mass is 10.1. The summed E-state index contributed by atoms with van der Waals surface area (Å²) >= 11 is 6.28. The Labute approximate surface area is 160 Å². The molecule has 0 spiro atoms. The summed E-state index contributed by atoms with van der Waals surface area (Å²) in [6.07, 6.45) is 0.883. The first-order valence-electron chi connectivity index (χ1n) is 9.28. The van der Waals surface area contributed by atoms with Gasteiger partial charge in [-0.2, -0.15) is 0 Å². The number of aryl methyl sites for hydroxylation is 1. The molecule has 1 amide bonds. The monoisotopic (exact) mass is 372 g/mol. The van der Waals surface area contributed by atoms with Crippen molar-refractivity contribution in [3.8, 4) is 0 Å². The third-order valence-electron chi connectivity index (χ3n) is 5.05. The summed E-state index contributed by atoms with van der Waals surface area (Å²) < 4.78 is 0. The summed E-state index contributed by atoms with van der Waals surface area (Å²) in [4.78, 5) is 15.9. The Morgan fingerprint density at radius 2 is 1.81 bits per heavy atom. The Morgan fingerprint density at radius 1 is 1.12 bits per heavy atom. The number of amides is 1. The molecule has 0 radical (unpaired) electrons. The van der Waals surface area contributed by atoms with E-state index in [4.69, 9.17) is 11.6 Å². The number of nitrogens with zero attached hydrogens (tertiary/aromatic N) is 1. The number of hydrogen-bond acceptors (Lipinski definition) is 2. The van der Waals surface area contributed by atoms with Gasteiger partial charge in [-0.1, -0.05) is 48.0 Å². The maximum absolute atomic E-state index is 12.2. The molecule has 3 rings (SSSR count). The van der Waals surface area contributed by atoms with Crippen LogP contribution in [0.4, 0.5) is 5.69 Å². The van der Waals surface area contributed by atoms with E-state index >= 15 is 0 Å². The second-order valence-electron chi connectivity index (χ2n) is 6.89. The molecule has 1 fully saturated rings. The zero-order valence-electron chi connectivity index (χ0n) is 15.3. The van der Waals surface area contributed by atoms with Gasteiger partial charge in [-0.25, -0.2) is 0 Å². The lowest BCUT2D eigenvalue weighted by Crippen LogP contribution is -3.16. The van der Waals surface area contributed by atoms with E-state index in [9.17, 15) is 4.79 Å². The van der Waals surface area contributed by atoms with Gasteiger partial charge in [-0.15, -0.1) is 0 Å². The van der Waals surface area contributed by atoms with Crippen molar-refractivity contribution in [2.75, 3.05) is 44.2 Å². The standard InChI is InChI=1S/C21H26ClN3O/c1-17-6-2-3-7-18(17)10-11-23-21(26)16-24-12-14-25(15-13-24)20-9-5-4-8-19(20)22/h2-9H,10-16H2,1H3,(H,23,26)/p+1. The average Bonchev–Trinajstić information content (AvgIpc) is 2.64. The third-order valence-corrected chi connectivity index (χ3v) is 5.37. The number of anilines is 1. The van der Waals surface area contributed by atoms with Gasteiger partial charge in [-0.3, -0.25) is 4.79 Å². The van der Waals surface area contributed by atoms with Crippen LogP contribution in [-0.4, -0.2) is 45.2 Å². The number of halogens is 1. The molecule has 0 saturated carbocycles. The van der Waals surface area contributed by atoms with Crippen LogP contribution in [0.1, 0.15) is 11.1 Å². The Kier molecular flexibility index (Phi) is 6.53. The van der Waals surface area contributed by atoms with Crippen LogP contribution < -0.4 is 15.1 Å². The Hall–Kier alpha value is -2.04. The van der Waals surface area contributed by atoms with E-state index in [0.29, 0.717) is 13.1 Å². The van der Waals surface area contributed by atoms with Gasteiger partial charge in [-0.05, 0) is 36.6 Å². The molecule has 4 nitrogen and oxygen atoms in total. The molecule has 1 saturated heterocycles.